The Labute approximate surface area is 224 Å². The van der Waals surface area contributed by atoms with Crippen LogP contribution in [-0.2, 0) is 20.7 Å². The van der Waals surface area contributed by atoms with Crippen molar-refractivity contribution in [3.63, 3.8) is 0 Å². The van der Waals surface area contributed by atoms with Crippen LogP contribution < -0.4 is 10.1 Å². The standard InChI is InChI=1S/C30H37N3O5/c1-3-38-26-12-8-7-11-24(26)13-14-27(34)32-18-15-30(16-19-32)17-20-33(22-30)29(36)31-25(28(35)37-2)21-23-9-5-4-6-10-23/h4-14,25H,3,15-22H2,1-2H3,(H,31,36)/b14-13+/t25-/m0/s1. The quantitative estimate of drug-likeness (QED) is 0.422. The normalized spacial score (nSPS) is 17.4. The maximum atomic E-state index is 13.1. The van der Waals surface area contributed by atoms with Crippen molar-refractivity contribution in [2.45, 2.75) is 38.6 Å². The molecule has 1 spiro atoms. The van der Waals surface area contributed by atoms with E-state index in [0.29, 0.717) is 39.2 Å². The molecular formula is C30H37N3O5. The number of hydrogen-bond acceptors (Lipinski definition) is 5. The number of esters is 1. The van der Waals surface area contributed by atoms with E-state index in [4.69, 9.17) is 9.47 Å². The highest BCUT2D eigenvalue weighted by molar-refractivity contribution is 5.92. The average Bonchev–Trinajstić information content (AvgIpc) is 3.36. The van der Waals surface area contributed by atoms with Gasteiger partial charge in [0.25, 0.3) is 0 Å². The lowest BCUT2D eigenvalue weighted by molar-refractivity contribution is -0.142. The molecule has 3 amide bonds. The fraction of sp³-hybridized carbons (Fsp3) is 0.433. The number of urea groups is 1. The van der Waals surface area contributed by atoms with E-state index < -0.39 is 12.0 Å². The largest absolute Gasteiger partial charge is 0.493 e. The van der Waals surface area contributed by atoms with Crippen molar-refractivity contribution in [1.82, 2.24) is 15.1 Å². The minimum atomic E-state index is -0.745. The summed E-state index contributed by atoms with van der Waals surface area (Å²) in [6.45, 7) is 5.07. The molecular weight excluding hydrogens is 482 g/mol. The Morgan fingerprint density at radius 1 is 0.974 bits per heavy atom. The van der Waals surface area contributed by atoms with Gasteiger partial charge in [-0.15, -0.1) is 0 Å². The van der Waals surface area contributed by atoms with Crippen molar-refractivity contribution < 1.29 is 23.9 Å². The first kappa shape index (κ1) is 27.2. The molecule has 2 aromatic carbocycles. The van der Waals surface area contributed by atoms with Crippen LogP contribution >= 0.6 is 0 Å². The number of nitrogens with one attached hydrogen (secondary N) is 1. The molecule has 0 unspecified atom stereocenters. The van der Waals surface area contributed by atoms with Crippen LogP contribution in [0.3, 0.4) is 0 Å². The number of likely N-dealkylation sites (tertiary alicyclic amines) is 2. The summed E-state index contributed by atoms with van der Waals surface area (Å²) in [4.78, 5) is 42.0. The smallest absolute Gasteiger partial charge is 0.328 e. The number of piperidine rings is 1. The van der Waals surface area contributed by atoms with Gasteiger partial charge in [0.1, 0.15) is 11.8 Å². The number of hydrogen-bond donors (Lipinski definition) is 1. The monoisotopic (exact) mass is 519 g/mol. The van der Waals surface area contributed by atoms with Crippen molar-refractivity contribution >= 4 is 24.0 Å². The maximum absolute atomic E-state index is 13.1. The zero-order valence-electron chi connectivity index (χ0n) is 22.2. The third kappa shape index (κ3) is 6.73. The number of benzene rings is 2. The van der Waals surface area contributed by atoms with Gasteiger partial charge in [-0.2, -0.15) is 0 Å². The Morgan fingerprint density at radius 2 is 1.63 bits per heavy atom. The van der Waals surface area contributed by atoms with Gasteiger partial charge in [-0.1, -0.05) is 48.5 Å². The zero-order valence-corrected chi connectivity index (χ0v) is 22.2. The maximum Gasteiger partial charge on any atom is 0.328 e. The third-order valence-electron chi connectivity index (χ3n) is 7.55. The van der Waals surface area contributed by atoms with E-state index in [1.54, 1.807) is 11.0 Å². The van der Waals surface area contributed by atoms with E-state index in [-0.39, 0.29) is 17.4 Å². The van der Waals surface area contributed by atoms with Crippen molar-refractivity contribution in [3.8, 4) is 5.75 Å². The molecule has 2 fully saturated rings. The number of ether oxygens (including phenoxy) is 2. The zero-order chi connectivity index (χ0) is 27.0. The highest BCUT2D eigenvalue weighted by Crippen LogP contribution is 2.40. The molecule has 1 N–H and O–H groups in total. The van der Waals surface area contributed by atoms with Gasteiger partial charge in [0.2, 0.25) is 5.91 Å². The lowest BCUT2D eigenvalue weighted by Gasteiger charge is -2.39. The van der Waals surface area contributed by atoms with E-state index in [9.17, 15) is 14.4 Å². The first-order valence-corrected chi connectivity index (χ1v) is 13.3. The molecule has 2 heterocycles. The van der Waals surface area contributed by atoms with Gasteiger partial charge in [-0.25, -0.2) is 9.59 Å². The Kier molecular flexibility index (Phi) is 9.05. The fourth-order valence-electron chi connectivity index (χ4n) is 5.32. The van der Waals surface area contributed by atoms with E-state index in [0.717, 1.165) is 36.1 Å². The van der Waals surface area contributed by atoms with Crippen LogP contribution in [-0.4, -0.2) is 73.6 Å². The van der Waals surface area contributed by atoms with Crippen LogP contribution in [0.2, 0.25) is 0 Å². The minimum absolute atomic E-state index is 0.000405. The van der Waals surface area contributed by atoms with Crippen molar-refractivity contribution in [1.29, 1.82) is 0 Å². The molecule has 8 heteroatoms. The molecule has 0 bridgehead atoms. The van der Waals surface area contributed by atoms with Crippen LogP contribution in [0.1, 0.15) is 37.3 Å². The van der Waals surface area contributed by atoms with Gasteiger partial charge < -0.3 is 24.6 Å². The molecule has 2 aromatic rings. The highest BCUT2D eigenvalue weighted by Gasteiger charge is 2.43. The minimum Gasteiger partial charge on any atom is -0.493 e. The van der Waals surface area contributed by atoms with Crippen molar-refractivity contribution in [3.05, 3.63) is 71.8 Å². The van der Waals surface area contributed by atoms with Gasteiger partial charge in [0.05, 0.1) is 13.7 Å². The van der Waals surface area contributed by atoms with Crippen molar-refractivity contribution in [2.75, 3.05) is 39.9 Å². The summed E-state index contributed by atoms with van der Waals surface area (Å²) in [7, 11) is 1.33. The van der Waals surface area contributed by atoms with Crippen LogP contribution in [0.5, 0.6) is 5.75 Å². The summed E-state index contributed by atoms with van der Waals surface area (Å²) in [5.74, 6) is 0.291. The number of carbonyl (C=O) groups is 3. The molecule has 38 heavy (non-hydrogen) atoms. The van der Waals surface area contributed by atoms with Crippen LogP contribution in [0.4, 0.5) is 4.79 Å². The van der Waals surface area contributed by atoms with E-state index in [1.165, 1.54) is 7.11 Å². The Morgan fingerprint density at radius 3 is 2.32 bits per heavy atom. The molecule has 2 aliphatic rings. The second kappa shape index (κ2) is 12.6. The molecule has 4 rings (SSSR count). The van der Waals surface area contributed by atoms with Crippen LogP contribution in [0.15, 0.2) is 60.7 Å². The lowest BCUT2D eigenvalue weighted by Crippen LogP contribution is -2.50. The van der Waals surface area contributed by atoms with E-state index in [1.807, 2.05) is 72.5 Å². The van der Waals surface area contributed by atoms with Gasteiger partial charge in [-0.3, -0.25) is 4.79 Å². The number of amides is 3. The second-order valence-electron chi connectivity index (χ2n) is 10.0. The molecule has 202 valence electrons. The van der Waals surface area contributed by atoms with Gasteiger partial charge in [0.15, 0.2) is 0 Å². The summed E-state index contributed by atoms with van der Waals surface area (Å²) in [5.41, 5.74) is 1.83. The number of rotatable bonds is 8. The average molecular weight is 520 g/mol. The fourth-order valence-corrected chi connectivity index (χ4v) is 5.32. The molecule has 0 aromatic heterocycles. The van der Waals surface area contributed by atoms with E-state index >= 15 is 0 Å². The summed E-state index contributed by atoms with van der Waals surface area (Å²) in [6.07, 6.45) is 6.38. The lowest BCUT2D eigenvalue weighted by atomic mass is 9.78. The Balaban J connectivity index is 1.30. The van der Waals surface area contributed by atoms with Crippen molar-refractivity contribution in [2.24, 2.45) is 5.41 Å². The predicted molar refractivity (Wildman–Crippen MR) is 146 cm³/mol. The topological polar surface area (TPSA) is 88.2 Å². The molecule has 2 aliphatic heterocycles. The summed E-state index contributed by atoms with van der Waals surface area (Å²) < 4.78 is 10.6. The second-order valence-corrected chi connectivity index (χ2v) is 10.0. The first-order chi connectivity index (χ1) is 18.4. The number of nitrogens with zero attached hydrogens (tertiary/aromatic N) is 2. The molecule has 0 saturated carbocycles. The first-order valence-electron chi connectivity index (χ1n) is 13.3. The summed E-state index contributed by atoms with van der Waals surface area (Å²) in [5, 5.41) is 2.88. The van der Waals surface area contributed by atoms with Gasteiger partial charge >= 0.3 is 12.0 Å². The molecule has 0 aliphatic carbocycles. The molecule has 2 saturated heterocycles. The highest BCUT2D eigenvalue weighted by atomic mass is 16.5. The summed E-state index contributed by atoms with van der Waals surface area (Å²) in [6, 6.07) is 16.3. The van der Waals surface area contributed by atoms with E-state index in [2.05, 4.69) is 5.32 Å². The predicted octanol–water partition coefficient (Wildman–Crippen LogP) is 3.91. The third-order valence-corrected chi connectivity index (χ3v) is 7.55. The number of methoxy groups -OCH3 is 1. The summed E-state index contributed by atoms with van der Waals surface area (Å²) >= 11 is 0. The number of carbonyl (C=O) groups excluding carboxylic acids is 3. The molecule has 8 nitrogen and oxygen atoms in total. The van der Waals surface area contributed by atoms with Crippen LogP contribution in [0.25, 0.3) is 6.08 Å². The van der Waals surface area contributed by atoms with Gasteiger partial charge in [0, 0.05) is 44.2 Å². The SMILES string of the molecule is CCOc1ccccc1/C=C/C(=O)N1CCC2(CC1)CCN(C(=O)N[C@@H](Cc1ccccc1)C(=O)OC)C2. The van der Waals surface area contributed by atoms with Crippen LogP contribution in [0, 0.1) is 5.41 Å². The van der Waals surface area contributed by atoms with Gasteiger partial charge in [-0.05, 0) is 49.3 Å². The molecule has 0 radical (unpaired) electrons. The molecule has 1 atom stereocenters. The Hall–Kier alpha value is -3.81. The Bertz CT molecular complexity index is 1140. The number of para-hydroxylation sites is 1.